The van der Waals surface area contributed by atoms with Gasteiger partial charge in [0.1, 0.15) is 22.3 Å². The zero-order chi connectivity index (χ0) is 70.3. The van der Waals surface area contributed by atoms with Crippen LogP contribution in [0.25, 0.3) is 201 Å². The highest BCUT2D eigenvalue weighted by Gasteiger charge is 2.22. The van der Waals surface area contributed by atoms with Gasteiger partial charge in [-0.3, -0.25) is 0 Å². The molecule has 6 heterocycles. The maximum absolute atomic E-state index is 6.50. The van der Waals surface area contributed by atoms with Crippen LogP contribution in [0.15, 0.2) is 385 Å². The molecule has 14 aromatic carbocycles. The first-order valence-electron chi connectivity index (χ1n) is 35.5. The molecule has 0 aliphatic carbocycles. The van der Waals surface area contributed by atoms with Crippen LogP contribution in [0.5, 0.6) is 0 Å². The lowest BCUT2D eigenvalue weighted by Gasteiger charge is -2.11. The molecular formula is C98H62N6O2. The summed E-state index contributed by atoms with van der Waals surface area (Å²) in [6.45, 7) is 0. The van der Waals surface area contributed by atoms with Gasteiger partial charge in [0.15, 0.2) is 11.6 Å². The second-order valence-electron chi connectivity index (χ2n) is 26.4. The molecule has 6 aromatic heterocycles. The van der Waals surface area contributed by atoms with Crippen LogP contribution in [0.3, 0.4) is 0 Å². The van der Waals surface area contributed by atoms with Crippen LogP contribution in [0.2, 0.25) is 0 Å². The van der Waals surface area contributed by atoms with E-state index in [4.69, 9.17) is 38.7 Å². The lowest BCUT2D eigenvalue weighted by Crippen LogP contribution is -1.96. The zero-order valence-electron chi connectivity index (χ0n) is 57.3. The lowest BCUT2D eigenvalue weighted by atomic mass is 9.98. The highest BCUT2D eigenvalue weighted by molar-refractivity contribution is 6.21. The summed E-state index contributed by atoms with van der Waals surface area (Å²) in [5.74, 6) is 1.37. The molecule has 8 heteroatoms. The standard InChI is InChI=1S/2C49H31N3O/c1-4-12-32(13-5-1)33-22-26-38(27-23-33)49-51-42(35-14-6-2-7-15-35)31-43(52-49)36-24-20-34(21-25-36)39-28-29-40-44(30-39)50-47(37-16-8-3-9-17-37)46-41-18-10-11-19-45(41)53-48(40)46;1-4-12-32(13-5-1)33-20-24-36(25-21-33)43-31-42(35-14-6-2-7-15-35)51-49(52-43)38-26-22-34(23-27-38)39-28-29-40-44(30-39)50-47(37-16-8-3-9-17-37)46-41-18-10-11-19-45(41)53-48(40)46/h2*1-31H. The number of para-hydroxylation sites is 2. The van der Waals surface area contributed by atoms with Gasteiger partial charge in [0.05, 0.1) is 56.0 Å². The van der Waals surface area contributed by atoms with Crippen molar-refractivity contribution in [2.75, 3.05) is 0 Å². The van der Waals surface area contributed by atoms with Gasteiger partial charge in [0.2, 0.25) is 0 Å². The quantitative estimate of drug-likeness (QED) is 0.119. The fraction of sp³-hybridized carbons (Fsp3) is 0. The molecule has 0 atom stereocenters. The Morgan fingerprint density at radius 3 is 0.755 bits per heavy atom. The first-order chi connectivity index (χ1) is 52.5. The number of pyridine rings is 2. The lowest BCUT2D eigenvalue weighted by molar-refractivity contribution is 0.672. The topological polar surface area (TPSA) is 104 Å². The summed E-state index contributed by atoms with van der Waals surface area (Å²) in [6.07, 6.45) is 0. The number of rotatable bonds is 12. The van der Waals surface area contributed by atoms with E-state index in [-0.39, 0.29) is 0 Å². The molecule has 0 saturated heterocycles. The maximum Gasteiger partial charge on any atom is 0.160 e. The molecule has 0 radical (unpaired) electrons. The van der Waals surface area contributed by atoms with Crippen LogP contribution in [-0.4, -0.2) is 29.9 Å². The van der Waals surface area contributed by atoms with Crippen molar-refractivity contribution in [2.45, 2.75) is 0 Å². The van der Waals surface area contributed by atoms with E-state index in [1.54, 1.807) is 0 Å². The Kier molecular flexibility index (Phi) is 16.1. The summed E-state index contributed by atoms with van der Waals surface area (Å²) in [7, 11) is 0. The number of furan rings is 2. The summed E-state index contributed by atoms with van der Waals surface area (Å²) in [5, 5.41) is 6.22. The molecule has 0 unspecified atom stereocenters. The van der Waals surface area contributed by atoms with Gasteiger partial charge >= 0.3 is 0 Å². The van der Waals surface area contributed by atoms with Crippen molar-refractivity contribution in [3.63, 3.8) is 0 Å². The average molecular weight is 1360 g/mol. The van der Waals surface area contributed by atoms with Crippen molar-refractivity contribution in [1.29, 1.82) is 0 Å². The van der Waals surface area contributed by atoms with Crippen molar-refractivity contribution in [3.05, 3.63) is 376 Å². The molecule has 0 saturated carbocycles. The van der Waals surface area contributed by atoms with Crippen molar-refractivity contribution in [2.24, 2.45) is 0 Å². The molecule has 0 aliphatic heterocycles. The van der Waals surface area contributed by atoms with Crippen LogP contribution < -0.4 is 0 Å². The van der Waals surface area contributed by atoms with Gasteiger partial charge in [-0.15, -0.1) is 0 Å². The fourth-order valence-corrected chi connectivity index (χ4v) is 14.4. The Morgan fingerprint density at radius 2 is 0.415 bits per heavy atom. The van der Waals surface area contributed by atoms with E-state index in [9.17, 15) is 0 Å². The number of benzene rings is 14. The Hall–Kier alpha value is -14.3. The molecule has 8 nitrogen and oxygen atoms in total. The van der Waals surface area contributed by atoms with Gasteiger partial charge in [-0.2, -0.15) is 0 Å². The van der Waals surface area contributed by atoms with Crippen molar-refractivity contribution in [3.8, 4) is 135 Å². The van der Waals surface area contributed by atoms with Crippen molar-refractivity contribution in [1.82, 2.24) is 29.9 Å². The van der Waals surface area contributed by atoms with Gasteiger partial charge in [-0.1, -0.05) is 328 Å². The minimum absolute atomic E-state index is 0.681. The predicted octanol–water partition coefficient (Wildman–Crippen LogP) is 25.9. The molecule has 0 fully saturated rings. The summed E-state index contributed by atoms with van der Waals surface area (Å²) in [4.78, 5) is 30.8. The molecule has 106 heavy (non-hydrogen) atoms. The molecule has 20 aromatic rings. The number of nitrogens with zero attached hydrogens (tertiary/aromatic N) is 6. The Morgan fingerprint density at radius 1 is 0.170 bits per heavy atom. The minimum Gasteiger partial charge on any atom is -0.455 e. The first-order valence-corrected chi connectivity index (χ1v) is 35.5. The van der Waals surface area contributed by atoms with E-state index in [1.165, 1.54) is 16.7 Å². The minimum atomic E-state index is 0.681. The smallest absolute Gasteiger partial charge is 0.160 e. The molecular weight excluding hydrogens is 1290 g/mol. The Balaban J connectivity index is 0.000000145. The van der Waals surface area contributed by atoms with Crippen molar-refractivity contribution < 1.29 is 8.83 Å². The van der Waals surface area contributed by atoms with E-state index in [0.29, 0.717) is 11.6 Å². The predicted molar refractivity (Wildman–Crippen MR) is 434 cm³/mol. The molecule has 496 valence electrons. The van der Waals surface area contributed by atoms with Gasteiger partial charge < -0.3 is 8.83 Å². The largest absolute Gasteiger partial charge is 0.455 e. The van der Waals surface area contributed by atoms with Crippen LogP contribution in [0.1, 0.15) is 0 Å². The Labute approximate surface area is 611 Å². The molecule has 0 bridgehead atoms. The summed E-state index contributed by atoms with van der Waals surface area (Å²) in [6, 6.07) is 130. The van der Waals surface area contributed by atoms with Gasteiger partial charge in [-0.05, 0) is 93.0 Å². The first kappa shape index (κ1) is 62.6. The molecule has 20 rings (SSSR count). The van der Waals surface area contributed by atoms with Crippen LogP contribution in [0.4, 0.5) is 0 Å². The van der Waals surface area contributed by atoms with Gasteiger partial charge in [-0.25, -0.2) is 29.9 Å². The molecule has 0 spiro atoms. The van der Waals surface area contributed by atoms with E-state index in [0.717, 1.165) is 172 Å². The highest BCUT2D eigenvalue weighted by Crippen LogP contribution is 2.44. The van der Waals surface area contributed by atoms with Crippen LogP contribution in [0, 0.1) is 0 Å². The summed E-state index contributed by atoms with van der Waals surface area (Å²) < 4.78 is 13.0. The fourth-order valence-electron chi connectivity index (χ4n) is 14.4. The van der Waals surface area contributed by atoms with Gasteiger partial charge in [0.25, 0.3) is 0 Å². The molecule has 0 N–H and O–H groups in total. The number of fused-ring (bicyclic) bond motifs is 10. The van der Waals surface area contributed by atoms with E-state index in [1.807, 2.05) is 84.9 Å². The third-order valence-electron chi connectivity index (χ3n) is 19.8. The van der Waals surface area contributed by atoms with E-state index < -0.39 is 0 Å². The van der Waals surface area contributed by atoms with Gasteiger partial charge in [0, 0.05) is 66.1 Å². The SMILES string of the molecule is c1ccc(-c2ccc(-c3cc(-c4ccccc4)nc(-c4ccc(-c5ccc6c(c5)nc(-c5ccccc5)c5c7ccccc7oc65)cc4)n3)cc2)cc1.c1ccc(-c2ccc(-c3nc(-c4ccccc4)cc(-c4ccc(-c5ccc6c(c5)nc(-c5ccccc5)c5c7ccccc7oc65)cc4)n3)cc2)cc1. The molecule has 0 amide bonds. The third-order valence-corrected chi connectivity index (χ3v) is 19.8. The summed E-state index contributed by atoms with van der Waals surface area (Å²) in [5.41, 5.74) is 27.8. The van der Waals surface area contributed by atoms with Crippen LogP contribution in [-0.2, 0) is 0 Å². The van der Waals surface area contributed by atoms with E-state index >= 15 is 0 Å². The summed E-state index contributed by atoms with van der Waals surface area (Å²) >= 11 is 0. The molecule has 0 aliphatic rings. The monoisotopic (exact) mass is 1350 g/mol. The Bertz CT molecular complexity index is 6210. The zero-order valence-corrected chi connectivity index (χ0v) is 57.3. The number of hydrogen-bond donors (Lipinski definition) is 0. The second kappa shape index (κ2) is 27.2. The maximum atomic E-state index is 6.50. The average Bonchev–Trinajstić information content (AvgIpc) is 1.55. The van der Waals surface area contributed by atoms with Crippen LogP contribution >= 0.6 is 0 Å². The third kappa shape index (κ3) is 12.1. The normalized spacial score (nSPS) is 11.4. The number of aromatic nitrogens is 6. The van der Waals surface area contributed by atoms with Crippen molar-refractivity contribution >= 4 is 65.7 Å². The van der Waals surface area contributed by atoms with E-state index in [2.05, 4.69) is 291 Å². The number of hydrogen-bond acceptors (Lipinski definition) is 8. The second-order valence-corrected chi connectivity index (χ2v) is 26.4. The highest BCUT2D eigenvalue weighted by atomic mass is 16.3.